The lowest BCUT2D eigenvalue weighted by Gasteiger charge is -1.97. The smallest absolute Gasteiger partial charge is 0.321 e. The molecule has 1 aromatic carbocycles. The second-order valence-corrected chi connectivity index (χ2v) is 3.31. The third-order valence-corrected chi connectivity index (χ3v) is 2.10. The summed E-state index contributed by atoms with van der Waals surface area (Å²) in [5, 5.41) is 5.04. The number of carbonyl (C=O) groups is 1. The highest BCUT2D eigenvalue weighted by atomic mass is 16.2. The largest absolute Gasteiger partial charge is 0.341 e. The van der Waals surface area contributed by atoms with Crippen LogP contribution in [-0.4, -0.2) is 23.0 Å². The molecule has 0 radical (unpaired) electrons. The summed E-state index contributed by atoms with van der Waals surface area (Å²) >= 11 is 0. The first-order valence-electron chi connectivity index (χ1n) is 4.64. The van der Waals surface area contributed by atoms with E-state index in [9.17, 15) is 4.79 Å². The molecule has 0 spiro atoms. The molecular formula is C10H12N4O. The zero-order chi connectivity index (χ0) is 10.8. The molecule has 2 aromatic rings. The Morgan fingerprint density at radius 1 is 1.47 bits per heavy atom. The molecule has 3 N–H and O–H groups in total. The Morgan fingerprint density at radius 3 is 3.00 bits per heavy atom. The number of nitrogens with one attached hydrogen (secondary N) is 3. The van der Waals surface area contributed by atoms with Crippen LogP contribution in [0.25, 0.3) is 11.0 Å². The minimum Gasteiger partial charge on any atom is -0.341 e. The van der Waals surface area contributed by atoms with E-state index in [1.54, 1.807) is 7.05 Å². The minimum absolute atomic E-state index is 0.286. The molecule has 0 saturated heterocycles. The molecule has 0 fully saturated rings. The van der Waals surface area contributed by atoms with E-state index in [2.05, 4.69) is 20.6 Å². The van der Waals surface area contributed by atoms with Crippen LogP contribution in [0.15, 0.2) is 18.2 Å². The Hall–Kier alpha value is -2.04. The van der Waals surface area contributed by atoms with Gasteiger partial charge in [0.05, 0.1) is 11.0 Å². The van der Waals surface area contributed by atoms with Gasteiger partial charge in [-0.25, -0.2) is 9.78 Å². The van der Waals surface area contributed by atoms with Crippen LogP contribution in [0.2, 0.25) is 0 Å². The highest BCUT2D eigenvalue weighted by molar-refractivity contribution is 5.89. The molecule has 0 aliphatic rings. The highest BCUT2D eigenvalue weighted by Crippen LogP contribution is 2.15. The molecule has 0 aliphatic carbocycles. The number of amides is 2. The Morgan fingerprint density at radius 2 is 2.27 bits per heavy atom. The van der Waals surface area contributed by atoms with Crippen LogP contribution in [0.1, 0.15) is 5.56 Å². The van der Waals surface area contributed by atoms with E-state index in [0.717, 1.165) is 16.6 Å². The number of hydrogen-bond acceptors (Lipinski definition) is 2. The Bertz CT molecular complexity index is 503. The maximum atomic E-state index is 11.0. The maximum Gasteiger partial charge on any atom is 0.321 e. The van der Waals surface area contributed by atoms with Gasteiger partial charge >= 0.3 is 6.03 Å². The summed E-state index contributed by atoms with van der Waals surface area (Å²) in [4.78, 5) is 18.3. The van der Waals surface area contributed by atoms with Gasteiger partial charge in [-0.3, -0.25) is 5.32 Å². The van der Waals surface area contributed by atoms with E-state index in [0.29, 0.717) is 5.95 Å². The second-order valence-electron chi connectivity index (χ2n) is 3.31. The maximum absolute atomic E-state index is 11.0. The van der Waals surface area contributed by atoms with Crippen molar-refractivity contribution in [3.63, 3.8) is 0 Å². The normalized spacial score (nSPS) is 10.3. The molecular weight excluding hydrogens is 192 g/mol. The van der Waals surface area contributed by atoms with Crippen LogP contribution in [0.3, 0.4) is 0 Å². The van der Waals surface area contributed by atoms with E-state index >= 15 is 0 Å². The van der Waals surface area contributed by atoms with Gasteiger partial charge in [-0.2, -0.15) is 0 Å². The number of nitrogens with zero attached hydrogens (tertiary/aromatic N) is 1. The average Bonchev–Trinajstić information content (AvgIpc) is 2.59. The Balaban J connectivity index is 2.34. The summed E-state index contributed by atoms with van der Waals surface area (Å²) in [5.41, 5.74) is 2.91. The van der Waals surface area contributed by atoms with Gasteiger partial charge in [-0.05, 0) is 24.6 Å². The van der Waals surface area contributed by atoms with E-state index in [1.165, 1.54) is 0 Å². The van der Waals surface area contributed by atoms with Crippen molar-refractivity contribution in [2.45, 2.75) is 6.92 Å². The Kier molecular flexibility index (Phi) is 2.29. The van der Waals surface area contributed by atoms with Crippen LogP contribution in [0.4, 0.5) is 10.7 Å². The first kappa shape index (κ1) is 9.51. The van der Waals surface area contributed by atoms with E-state index in [1.807, 2.05) is 25.1 Å². The van der Waals surface area contributed by atoms with Gasteiger partial charge < -0.3 is 10.3 Å². The molecule has 0 saturated carbocycles. The number of aromatic nitrogens is 2. The third-order valence-electron chi connectivity index (χ3n) is 2.10. The highest BCUT2D eigenvalue weighted by Gasteiger charge is 2.04. The molecule has 5 nitrogen and oxygen atoms in total. The SMILES string of the molecule is CNC(=O)Nc1nc2ccc(C)cc2[nH]1. The second kappa shape index (κ2) is 3.61. The fourth-order valence-electron chi connectivity index (χ4n) is 1.35. The molecule has 78 valence electrons. The van der Waals surface area contributed by atoms with Gasteiger partial charge in [-0.1, -0.05) is 6.07 Å². The Labute approximate surface area is 86.9 Å². The summed E-state index contributed by atoms with van der Waals surface area (Å²) in [7, 11) is 1.56. The van der Waals surface area contributed by atoms with E-state index in [4.69, 9.17) is 0 Å². The summed E-state index contributed by atoms with van der Waals surface area (Å²) in [6, 6.07) is 5.59. The topological polar surface area (TPSA) is 69.8 Å². The van der Waals surface area contributed by atoms with Crippen molar-refractivity contribution in [3.05, 3.63) is 23.8 Å². The lowest BCUT2D eigenvalue weighted by atomic mass is 10.2. The number of hydrogen-bond donors (Lipinski definition) is 3. The first-order valence-corrected chi connectivity index (χ1v) is 4.64. The van der Waals surface area contributed by atoms with Crippen molar-refractivity contribution in [2.75, 3.05) is 12.4 Å². The molecule has 1 aromatic heterocycles. The van der Waals surface area contributed by atoms with Gasteiger partial charge in [0.1, 0.15) is 0 Å². The van der Waals surface area contributed by atoms with Crippen molar-refractivity contribution in [1.29, 1.82) is 0 Å². The van der Waals surface area contributed by atoms with Gasteiger partial charge in [0, 0.05) is 7.05 Å². The number of imidazole rings is 1. The average molecular weight is 204 g/mol. The summed E-state index contributed by atoms with van der Waals surface area (Å²) < 4.78 is 0. The summed E-state index contributed by atoms with van der Waals surface area (Å²) in [6.45, 7) is 2.01. The third kappa shape index (κ3) is 1.90. The minimum atomic E-state index is -0.286. The van der Waals surface area contributed by atoms with Gasteiger partial charge in [0.15, 0.2) is 0 Å². The van der Waals surface area contributed by atoms with Gasteiger partial charge in [0.2, 0.25) is 5.95 Å². The molecule has 2 rings (SSSR count). The fourth-order valence-corrected chi connectivity index (χ4v) is 1.35. The fraction of sp³-hybridized carbons (Fsp3) is 0.200. The van der Waals surface area contributed by atoms with Gasteiger partial charge in [-0.15, -0.1) is 0 Å². The van der Waals surface area contributed by atoms with Crippen molar-refractivity contribution in [2.24, 2.45) is 0 Å². The molecule has 0 atom stereocenters. The van der Waals surface area contributed by atoms with Crippen LogP contribution in [0, 0.1) is 6.92 Å². The van der Waals surface area contributed by atoms with E-state index in [-0.39, 0.29) is 6.03 Å². The number of aromatic amines is 1. The summed E-state index contributed by atoms with van der Waals surface area (Å²) in [6.07, 6.45) is 0. The van der Waals surface area contributed by atoms with Crippen molar-refractivity contribution < 1.29 is 4.79 Å². The number of carbonyl (C=O) groups excluding carboxylic acids is 1. The molecule has 0 aliphatic heterocycles. The standard InChI is InChI=1S/C10H12N4O/c1-6-3-4-7-8(5-6)13-9(12-7)14-10(15)11-2/h3-5H,1-2H3,(H3,11,12,13,14,15). The molecule has 5 heteroatoms. The predicted octanol–water partition coefficient (Wildman–Crippen LogP) is 1.62. The van der Waals surface area contributed by atoms with Gasteiger partial charge in [0.25, 0.3) is 0 Å². The van der Waals surface area contributed by atoms with E-state index < -0.39 is 0 Å². The number of benzene rings is 1. The van der Waals surface area contributed by atoms with Crippen LogP contribution < -0.4 is 10.6 Å². The van der Waals surface area contributed by atoms with Crippen LogP contribution in [0.5, 0.6) is 0 Å². The molecule has 0 unspecified atom stereocenters. The summed E-state index contributed by atoms with van der Waals surface area (Å²) in [5.74, 6) is 0.454. The monoisotopic (exact) mass is 204 g/mol. The number of anilines is 1. The molecule has 2 amide bonds. The molecule has 0 bridgehead atoms. The number of urea groups is 1. The lowest BCUT2D eigenvalue weighted by molar-refractivity contribution is 0.254. The lowest BCUT2D eigenvalue weighted by Crippen LogP contribution is -2.24. The number of rotatable bonds is 1. The number of H-pyrrole nitrogens is 1. The zero-order valence-electron chi connectivity index (χ0n) is 8.59. The van der Waals surface area contributed by atoms with Crippen molar-refractivity contribution in [3.8, 4) is 0 Å². The zero-order valence-corrected chi connectivity index (χ0v) is 8.59. The predicted molar refractivity (Wildman–Crippen MR) is 58.9 cm³/mol. The van der Waals surface area contributed by atoms with Crippen LogP contribution >= 0.6 is 0 Å². The van der Waals surface area contributed by atoms with Crippen molar-refractivity contribution in [1.82, 2.24) is 15.3 Å². The van der Waals surface area contributed by atoms with Crippen LogP contribution in [-0.2, 0) is 0 Å². The number of aryl methyl sites for hydroxylation is 1. The molecule has 1 heterocycles. The number of fused-ring (bicyclic) bond motifs is 1. The molecule has 15 heavy (non-hydrogen) atoms. The quantitative estimate of drug-likeness (QED) is 0.660. The first-order chi connectivity index (χ1) is 7.19. The van der Waals surface area contributed by atoms with Crippen molar-refractivity contribution >= 4 is 23.0 Å².